The van der Waals surface area contributed by atoms with Gasteiger partial charge in [-0.15, -0.1) is 10.2 Å². The van der Waals surface area contributed by atoms with Crippen molar-refractivity contribution in [1.82, 2.24) is 20.8 Å². The molecule has 0 unspecified atom stereocenters. The van der Waals surface area contributed by atoms with E-state index >= 15 is 0 Å². The number of nitrogens with one attached hydrogen (secondary N) is 3. The van der Waals surface area contributed by atoms with E-state index in [0.29, 0.717) is 23.2 Å². The molecule has 140 valence electrons. The Bertz CT molecular complexity index is 740. The summed E-state index contributed by atoms with van der Waals surface area (Å²) in [6.45, 7) is 8.42. The quantitative estimate of drug-likeness (QED) is 0.692. The van der Waals surface area contributed by atoms with Gasteiger partial charge in [-0.25, -0.2) is 4.79 Å². The summed E-state index contributed by atoms with van der Waals surface area (Å²) in [5.41, 5.74) is 1.44. The Balaban J connectivity index is 1.88. The molecule has 0 aliphatic carbocycles. The zero-order chi connectivity index (χ0) is 19.1. The molecule has 1 heterocycles. The van der Waals surface area contributed by atoms with Crippen LogP contribution in [-0.2, 0) is 13.0 Å². The Morgan fingerprint density at radius 1 is 1.08 bits per heavy atom. The topological polar surface area (TPSA) is 96.0 Å². The van der Waals surface area contributed by atoms with Gasteiger partial charge >= 0.3 is 6.03 Å². The molecule has 0 saturated carbocycles. The van der Waals surface area contributed by atoms with Crippen LogP contribution >= 0.6 is 11.3 Å². The van der Waals surface area contributed by atoms with E-state index in [1.807, 2.05) is 26.0 Å². The van der Waals surface area contributed by atoms with Gasteiger partial charge in [-0.3, -0.25) is 10.1 Å². The zero-order valence-electron chi connectivity index (χ0n) is 15.5. The van der Waals surface area contributed by atoms with Crippen LogP contribution in [0.15, 0.2) is 24.3 Å². The van der Waals surface area contributed by atoms with Gasteiger partial charge in [-0.05, 0) is 37.5 Å². The maximum absolute atomic E-state index is 12.3. The van der Waals surface area contributed by atoms with E-state index in [2.05, 4.69) is 40.0 Å². The number of hydrogen-bond acceptors (Lipinski definition) is 5. The van der Waals surface area contributed by atoms with E-state index in [1.165, 1.54) is 11.3 Å². The summed E-state index contributed by atoms with van der Waals surface area (Å²) in [6.07, 6.45) is 0.847. The second-order valence-electron chi connectivity index (χ2n) is 6.73. The molecule has 26 heavy (non-hydrogen) atoms. The fourth-order valence-corrected chi connectivity index (χ4v) is 3.12. The molecule has 1 aromatic heterocycles. The van der Waals surface area contributed by atoms with Gasteiger partial charge in [0.25, 0.3) is 5.91 Å². The van der Waals surface area contributed by atoms with Crippen molar-refractivity contribution in [2.75, 3.05) is 5.32 Å². The average molecular weight is 375 g/mol. The van der Waals surface area contributed by atoms with Gasteiger partial charge in [0.15, 0.2) is 0 Å². The number of hydrogen-bond donors (Lipinski definition) is 3. The van der Waals surface area contributed by atoms with Gasteiger partial charge in [-0.2, -0.15) is 0 Å². The number of benzene rings is 1. The maximum Gasteiger partial charge on any atom is 0.315 e. The molecule has 2 rings (SSSR count). The minimum atomic E-state index is -0.227. The molecule has 0 spiro atoms. The van der Waals surface area contributed by atoms with Gasteiger partial charge in [0.1, 0.15) is 5.01 Å². The first-order valence-corrected chi connectivity index (χ1v) is 9.42. The highest BCUT2D eigenvalue weighted by Gasteiger charge is 2.11. The minimum Gasteiger partial charge on any atom is -0.336 e. The smallest absolute Gasteiger partial charge is 0.315 e. The van der Waals surface area contributed by atoms with Gasteiger partial charge < -0.3 is 10.6 Å². The Labute approximate surface area is 157 Å². The lowest BCUT2D eigenvalue weighted by atomic mass is 10.1. The maximum atomic E-state index is 12.3. The minimum absolute atomic E-state index is 0.0856. The Hall–Kier alpha value is -2.48. The molecular weight excluding hydrogens is 350 g/mol. The van der Waals surface area contributed by atoms with Gasteiger partial charge in [0.2, 0.25) is 5.13 Å². The number of carbonyl (C=O) groups is 2. The predicted molar refractivity (Wildman–Crippen MR) is 103 cm³/mol. The lowest BCUT2D eigenvalue weighted by Crippen LogP contribution is -2.39. The highest BCUT2D eigenvalue weighted by Crippen LogP contribution is 2.19. The molecule has 0 saturated heterocycles. The normalized spacial score (nSPS) is 10.8. The highest BCUT2D eigenvalue weighted by atomic mass is 32.1. The van der Waals surface area contributed by atoms with Crippen LogP contribution in [0.3, 0.4) is 0 Å². The van der Waals surface area contributed by atoms with E-state index < -0.39 is 0 Å². The third-order valence-electron chi connectivity index (χ3n) is 3.36. The Morgan fingerprint density at radius 3 is 2.38 bits per heavy atom. The first-order valence-electron chi connectivity index (χ1n) is 8.60. The van der Waals surface area contributed by atoms with Crippen LogP contribution in [0.25, 0.3) is 0 Å². The third kappa shape index (κ3) is 6.44. The molecule has 2 aromatic rings. The summed E-state index contributed by atoms with van der Waals surface area (Å²) >= 11 is 1.39. The number of aromatic nitrogens is 2. The monoisotopic (exact) mass is 375 g/mol. The van der Waals surface area contributed by atoms with Crippen LogP contribution in [0, 0.1) is 5.92 Å². The Morgan fingerprint density at radius 2 is 1.77 bits per heavy atom. The molecule has 8 heteroatoms. The summed E-state index contributed by atoms with van der Waals surface area (Å²) < 4.78 is 0. The summed E-state index contributed by atoms with van der Waals surface area (Å²) in [5.74, 6) is 0.268. The fraction of sp³-hybridized carbons (Fsp3) is 0.444. The van der Waals surface area contributed by atoms with Crippen LogP contribution in [0.4, 0.5) is 9.93 Å². The molecule has 7 nitrogen and oxygen atoms in total. The molecule has 0 bridgehead atoms. The van der Waals surface area contributed by atoms with Crippen molar-refractivity contribution in [2.24, 2.45) is 5.92 Å². The van der Waals surface area contributed by atoms with Gasteiger partial charge in [0.05, 0.1) is 0 Å². The molecule has 0 radical (unpaired) electrons. The van der Waals surface area contributed by atoms with E-state index in [4.69, 9.17) is 0 Å². The van der Waals surface area contributed by atoms with Crippen LogP contribution < -0.4 is 16.0 Å². The molecule has 0 atom stereocenters. The Kier molecular flexibility index (Phi) is 7.08. The summed E-state index contributed by atoms with van der Waals surface area (Å²) in [4.78, 5) is 23.9. The first kappa shape index (κ1) is 19.8. The van der Waals surface area contributed by atoms with Crippen LogP contribution in [0.5, 0.6) is 0 Å². The van der Waals surface area contributed by atoms with Crippen molar-refractivity contribution in [2.45, 2.75) is 46.7 Å². The zero-order valence-corrected chi connectivity index (χ0v) is 16.3. The van der Waals surface area contributed by atoms with Gasteiger partial charge in [0, 0.05) is 24.6 Å². The second kappa shape index (κ2) is 9.28. The van der Waals surface area contributed by atoms with E-state index in [-0.39, 0.29) is 18.0 Å². The van der Waals surface area contributed by atoms with E-state index in [0.717, 1.165) is 17.0 Å². The van der Waals surface area contributed by atoms with Crippen LogP contribution in [0.1, 0.15) is 48.6 Å². The molecule has 1 aromatic carbocycles. The van der Waals surface area contributed by atoms with Crippen molar-refractivity contribution in [3.05, 3.63) is 40.4 Å². The number of urea groups is 1. The lowest BCUT2D eigenvalue weighted by Gasteiger charge is -2.10. The van der Waals surface area contributed by atoms with Crippen molar-refractivity contribution >= 4 is 28.4 Å². The number of rotatable bonds is 7. The summed E-state index contributed by atoms with van der Waals surface area (Å²) in [5, 5.41) is 17.8. The largest absolute Gasteiger partial charge is 0.336 e. The molecular formula is C18H25N5O2S. The van der Waals surface area contributed by atoms with Crippen LogP contribution in [0.2, 0.25) is 0 Å². The highest BCUT2D eigenvalue weighted by molar-refractivity contribution is 7.15. The van der Waals surface area contributed by atoms with E-state index in [9.17, 15) is 9.59 Å². The van der Waals surface area contributed by atoms with Gasteiger partial charge in [-0.1, -0.05) is 37.3 Å². The first-order chi connectivity index (χ1) is 12.3. The number of anilines is 1. The molecule has 0 fully saturated rings. The third-order valence-corrected chi connectivity index (χ3v) is 4.22. The van der Waals surface area contributed by atoms with Crippen LogP contribution in [-0.4, -0.2) is 28.2 Å². The van der Waals surface area contributed by atoms with Crippen molar-refractivity contribution < 1.29 is 9.59 Å². The number of nitrogens with zero attached hydrogens (tertiary/aromatic N) is 2. The van der Waals surface area contributed by atoms with Crippen molar-refractivity contribution in [3.8, 4) is 0 Å². The summed E-state index contributed by atoms with van der Waals surface area (Å²) in [7, 11) is 0. The lowest BCUT2D eigenvalue weighted by molar-refractivity contribution is 0.102. The molecule has 0 aliphatic heterocycles. The van der Waals surface area contributed by atoms with Crippen molar-refractivity contribution in [1.29, 1.82) is 0 Å². The standard InChI is InChI=1S/C18H25N5O2S/c1-11(2)9-15-22-23-18(26-15)21-16(24)14-7-5-13(6-8-14)10-19-17(25)20-12(3)4/h5-8,11-12H,9-10H2,1-4H3,(H2,19,20,25)(H,21,23,24). The predicted octanol–water partition coefficient (Wildman–Crippen LogP) is 3.20. The van der Waals surface area contributed by atoms with Crippen molar-refractivity contribution in [3.63, 3.8) is 0 Å². The number of carbonyl (C=O) groups excluding carboxylic acids is 2. The average Bonchev–Trinajstić information content (AvgIpc) is 2.99. The fourth-order valence-electron chi connectivity index (χ4n) is 2.17. The molecule has 3 N–H and O–H groups in total. The second-order valence-corrected chi connectivity index (χ2v) is 7.79. The number of amides is 3. The summed E-state index contributed by atoms with van der Waals surface area (Å²) in [6, 6.07) is 6.95. The van der Waals surface area contributed by atoms with E-state index in [1.54, 1.807) is 12.1 Å². The SMILES string of the molecule is CC(C)Cc1nnc(NC(=O)c2ccc(CNC(=O)NC(C)C)cc2)s1. The molecule has 0 aliphatic rings. The molecule has 3 amide bonds.